The Morgan fingerprint density at radius 3 is 2.00 bits per heavy atom. The lowest BCUT2D eigenvalue weighted by Gasteiger charge is -2.18. The summed E-state index contributed by atoms with van der Waals surface area (Å²) in [4.78, 5) is 1.46. The molecule has 1 aromatic rings. The number of nitrogens with zero attached hydrogens (tertiary/aromatic N) is 1. The van der Waals surface area contributed by atoms with Crippen molar-refractivity contribution in [2.75, 3.05) is 18.4 Å². The van der Waals surface area contributed by atoms with Gasteiger partial charge in [0.05, 0.1) is 0 Å². The molecule has 0 heterocycles. The highest BCUT2D eigenvalue weighted by atomic mass is 16.3. The molecule has 12 heavy (non-hydrogen) atoms. The Kier molecular flexibility index (Phi) is 3.08. The average Bonchev–Trinajstić information content (AvgIpc) is 2.10. The van der Waals surface area contributed by atoms with Crippen LogP contribution < -0.4 is 4.90 Å². The van der Waals surface area contributed by atoms with Crippen LogP contribution in [0, 0.1) is 6.92 Å². The molecule has 0 saturated carbocycles. The molecule has 2 N–H and O–H groups in total. The van der Waals surface area contributed by atoms with Gasteiger partial charge in [-0.1, -0.05) is 17.7 Å². The normalized spacial score (nSPS) is 9.92. The van der Waals surface area contributed by atoms with E-state index in [1.54, 1.807) is 0 Å². The number of hydrogen-bond acceptors (Lipinski definition) is 3. The van der Waals surface area contributed by atoms with Gasteiger partial charge < -0.3 is 15.1 Å². The van der Waals surface area contributed by atoms with Crippen LogP contribution in [0.1, 0.15) is 5.56 Å². The Balaban J connectivity index is 2.80. The van der Waals surface area contributed by atoms with Crippen LogP contribution >= 0.6 is 0 Å². The number of anilines is 1. The van der Waals surface area contributed by atoms with Crippen LogP contribution in [0.15, 0.2) is 24.3 Å². The van der Waals surface area contributed by atoms with Crippen LogP contribution in [0.4, 0.5) is 5.69 Å². The molecule has 0 atom stereocenters. The number of rotatable bonds is 3. The van der Waals surface area contributed by atoms with Crippen LogP contribution in [0.2, 0.25) is 0 Å². The van der Waals surface area contributed by atoms with Crippen LogP contribution in [-0.2, 0) is 0 Å². The van der Waals surface area contributed by atoms with Crippen LogP contribution in [0.5, 0.6) is 0 Å². The van der Waals surface area contributed by atoms with E-state index in [4.69, 9.17) is 10.2 Å². The van der Waals surface area contributed by atoms with E-state index in [2.05, 4.69) is 0 Å². The number of aliphatic hydroxyl groups excluding tert-OH is 2. The fourth-order valence-electron chi connectivity index (χ4n) is 0.964. The van der Waals surface area contributed by atoms with Gasteiger partial charge in [0, 0.05) is 5.69 Å². The van der Waals surface area contributed by atoms with E-state index in [1.807, 2.05) is 31.2 Å². The zero-order valence-electron chi connectivity index (χ0n) is 7.07. The minimum atomic E-state index is -0.167. The lowest BCUT2D eigenvalue weighted by Crippen LogP contribution is -2.24. The first-order valence-electron chi connectivity index (χ1n) is 3.81. The van der Waals surface area contributed by atoms with Gasteiger partial charge in [0.15, 0.2) is 0 Å². The summed E-state index contributed by atoms with van der Waals surface area (Å²) in [6, 6.07) is 7.60. The predicted molar refractivity (Wildman–Crippen MR) is 47.8 cm³/mol. The van der Waals surface area contributed by atoms with E-state index in [0.29, 0.717) is 0 Å². The summed E-state index contributed by atoms with van der Waals surface area (Å²) >= 11 is 0. The third kappa shape index (κ3) is 1.96. The number of hydrogen-bond donors (Lipinski definition) is 2. The maximum Gasteiger partial charge on any atom is 0.117 e. The second-order valence-electron chi connectivity index (χ2n) is 2.66. The molecule has 0 aliphatic rings. The van der Waals surface area contributed by atoms with Gasteiger partial charge in [0.1, 0.15) is 13.5 Å². The Morgan fingerprint density at radius 1 is 1.08 bits per heavy atom. The van der Waals surface area contributed by atoms with Gasteiger partial charge in [-0.15, -0.1) is 0 Å². The van der Waals surface area contributed by atoms with E-state index in [1.165, 1.54) is 4.90 Å². The molecular weight excluding hydrogens is 154 g/mol. The van der Waals surface area contributed by atoms with E-state index >= 15 is 0 Å². The Hall–Kier alpha value is -1.06. The maximum atomic E-state index is 8.81. The van der Waals surface area contributed by atoms with Crippen LogP contribution in [-0.4, -0.2) is 23.7 Å². The van der Waals surface area contributed by atoms with E-state index in [9.17, 15) is 0 Å². The Morgan fingerprint density at radius 2 is 1.58 bits per heavy atom. The quantitative estimate of drug-likeness (QED) is 0.651. The van der Waals surface area contributed by atoms with Gasteiger partial charge in [-0.3, -0.25) is 0 Å². The van der Waals surface area contributed by atoms with Gasteiger partial charge >= 0.3 is 0 Å². The van der Waals surface area contributed by atoms with Crippen molar-refractivity contribution in [3.8, 4) is 0 Å². The highest BCUT2D eigenvalue weighted by molar-refractivity contribution is 5.46. The third-order valence-corrected chi connectivity index (χ3v) is 1.74. The highest BCUT2D eigenvalue weighted by Gasteiger charge is 2.00. The molecule has 0 radical (unpaired) electrons. The topological polar surface area (TPSA) is 43.7 Å². The highest BCUT2D eigenvalue weighted by Crippen LogP contribution is 2.13. The van der Waals surface area contributed by atoms with E-state index in [-0.39, 0.29) is 13.5 Å². The maximum absolute atomic E-state index is 8.81. The summed E-state index contributed by atoms with van der Waals surface area (Å²) in [6.45, 7) is 1.66. The SMILES string of the molecule is Cc1ccc(N(CO)CO)cc1. The molecule has 0 aliphatic carbocycles. The lowest BCUT2D eigenvalue weighted by molar-refractivity contribution is 0.223. The minimum Gasteiger partial charge on any atom is -0.376 e. The number of aliphatic hydroxyl groups is 2. The average molecular weight is 167 g/mol. The van der Waals surface area contributed by atoms with Gasteiger partial charge in [-0.25, -0.2) is 0 Å². The molecule has 66 valence electrons. The first-order valence-corrected chi connectivity index (χ1v) is 3.81. The fraction of sp³-hybridized carbons (Fsp3) is 0.333. The summed E-state index contributed by atoms with van der Waals surface area (Å²) in [5, 5.41) is 17.6. The van der Waals surface area contributed by atoms with Gasteiger partial charge in [0.2, 0.25) is 0 Å². The first-order chi connectivity index (χ1) is 5.77. The molecule has 3 nitrogen and oxygen atoms in total. The van der Waals surface area contributed by atoms with Crippen molar-refractivity contribution in [2.24, 2.45) is 0 Å². The van der Waals surface area contributed by atoms with E-state index in [0.717, 1.165) is 11.3 Å². The molecule has 0 aliphatic heterocycles. The second-order valence-corrected chi connectivity index (χ2v) is 2.66. The van der Waals surface area contributed by atoms with Crippen molar-refractivity contribution in [1.82, 2.24) is 0 Å². The molecule has 1 rings (SSSR count). The summed E-state index contributed by atoms with van der Waals surface area (Å²) in [5.74, 6) is 0. The molecule has 0 aromatic heterocycles. The smallest absolute Gasteiger partial charge is 0.117 e. The Labute approximate surface area is 71.9 Å². The third-order valence-electron chi connectivity index (χ3n) is 1.74. The van der Waals surface area contributed by atoms with Gasteiger partial charge in [0.25, 0.3) is 0 Å². The Bertz CT molecular complexity index is 229. The molecule has 0 fully saturated rings. The van der Waals surface area contributed by atoms with Gasteiger partial charge in [-0.05, 0) is 19.1 Å². The van der Waals surface area contributed by atoms with Crippen molar-refractivity contribution in [3.05, 3.63) is 29.8 Å². The minimum absolute atomic E-state index is 0.167. The van der Waals surface area contributed by atoms with Crippen LogP contribution in [0.25, 0.3) is 0 Å². The van der Waals surface area contributed by atoms with Crippen molar-refractivity contribution < 1.29 is 10.2 Å². The standard InChI is InChI=1S/C9H13NO2/c1-8-2-4-9(5-3-8)10(6-11)7-12/h2-5,11-12H,6-7H2,1H3. The number of aryl methyl sites for hydroxylation is 1. The molecule has 0 spiro atoms. The molecule has 0 unspecified atom stereocenters. The zero-order chi connectivity index (χ0) is 8.97. The summed E-state index contributed by atoms with van der Waals surface area (Å²) < 4.78 is 0. The molecule has 1 aromatic carbocycles. The number of benzene rings is 1. The predicted octanol–water partition coefficient (Wildman–Crippen LogP) is 0.701. The zero-order valence-corrected chi connectivity index (χ0v) is 7.07. The second kappa shape index (κ2) is 4.09. The summed E-state index contributed by atoms with van der Waals surface area (Å²) in [5.41, 5.74) is 1.99. The molecule has 0 amide bonds. The van der Waals surface area contributed by atoms with Crippen molar-refractivity contribution in [2.45, 2.75) is 6.92 Å². The molecule has 0 bridgehead atoms. The van der Waals surface area contributed by atoms with Gasteiger partial charge in [-0.2, -0.15) is 0 Å². The van der Waals surface area contributed by atoms with Crippen LogP contribution in [0.3, 0.4) is 0 Å². The monoisotopic (exact) mass is 167 g/mol. The molecule has 3 heteroatoms. The first kappa shape index (κ1) is 9.03. The van der Waals surface area contributed by atoms with Crippen molar-refractivity contribution in [3.63, 3.8) is 0 Å². The molecule has 0 saturated heterocycles. The van der Waals surface area contributed by atoms with Crippen molar-refractivity contribution >= 4 is 5.69 Å². The lowest BCUT2D eigenvalue weighted by atomic mass is 10.2. The summed E-state index contributed by atoms with van der Waals surface area (Å²) in [7, 11) is 0. The largest absolute Gasteiger partial charge is 0.376 e. The van der Waals surface area contributed by atoms with Crippen molar-refractivity contribution in [1.29, 1.82) is 0 Å². The summed E-state index contributed by atoms with van der Waals surface area (Å²) in [6.07, 6.45) is 0. The molecular formula is C9H13NO2. The van der Waals surface area contributed by atoms with E-state index < -0.39 is 0 Å². The fourth-order valence-corrected chi connectivity index (χ4v) is 0.964.